The fraction of sp³-hybridized carbons (Fsp3) is 0.647. The number of nitrogens with one attached hydrogen (secondary N) is 1. The largest absolute Gasteiger partial charge is 0.380 e. The predicted octanol–water partition coefficient (Wildman–Crippen LogP) is 3.83. The summed E-state index contributed by atoms with van der Waals surface area (Å²) in [6.45, 7) is 8.85. The Morgan fingerprint density at radius 2 is 1.79 bits per heavy atom. The summed E-state index contributed by atoms with van der Waals surface area (Å²) in [5.41, 5.74) is 5.56. The van der Waals surface area contributed by atoms with Gasteiger partial charge in [0.2, 0.25) is 0 Å². The van der Waals surface area contributed by atoms with Gasteiger partial charge in [0.1, 0.15) is 0 Å². The Labute approximate surface area is 117 Å². The van der Waals surface area contributed by atoms with Crippen LogP contribution in [0.1, 0.15) is 54.5 Å². The molecule has 1 aliphatic carbocycles. The zero-order valence-corrected chi connectivity index (χ0v) is 12.9. The van der Waals surface area contributed by atoms with Crippen LogP contribution in [0.25, 0.3) is 0 Å². The Hall–Kier alpha value is -0.860. The smallest absolute Gasteiger partial charge is 0.0724 e. The third kappa shape index (κ3) is 3.18. The van der Waals surface area contributed by atoms with Crippen molar-refractivity contribution in [1.82, 2.24) is 5.32 Å². The molecule has 0 heterocycles. The van der Waals surface area contributed by atoms with Crippen LogP contribution in [0.5, 0.6) is 0 Å². The fourth-order valence-corrected chi connectivity index (χ4v) is 3.26. The summed E-state index contributed by atoms with van der Waals surface area (Å²) in [6, 6.07) is 5.52. The molecule has 3 atom stereocenters. The molecule has 0 aliphatic heterocycles. The highest BCUT2D eigenvalue weighted by Gasteiger charge is 2.28. The van der Waals surface area contributed by atoms with E-state index in [-0.39, 0.29) is 0 Å². The first-order valence-electron chi connectivity index (χ1n) is 7.39. The minimum atomic E-state index is 0.384. The average molecular weight is 261 g/mol. The lowest BCUT2D eigenvalue weighted by Crippen LogP contribution is -2.38. The summed E-state index contributed by atoms with van der Waals surface area (Å²) >= 11 is 0. The van der Waals surface area contributed by atoms with E-state index in [4.69, 9.17) is 4.74 Å². The van der Waals surface area contributed by atoms with E-state index in [9.17, 15) is 0 Å². The van der Waals surface area contributed by atoms with E-state index in [2.05, 4.69) is 45.1 Å². The van der Waals surface area contributed by atoms with Gasteiger partial charge in [0.25, 0.3) is 0 Å². The van der Waals surface area contributed by atoms with Crippen molar-refractivity contribution in [3.05, 3.63) is 34.4 Å². The first-order valence-corrected chi connectivity index (χ1v) is 7.39. The molecule has 19 heavy (non-hydrogen) atoms. The zero-order chi connectivity index (χ0) is 14.0. The molecule has 1 aromatic rings. The Morgan fingerprint density at radius 1 is 1.11 bits per heavy atom. The highest BCUT2D eigenvalue weighted by Crippen LogP contribution is 2.27. The van der Waals surface area contributed by atoms with Crippen LogP contribution in [0.3, 0.4) is 0 Å². The molecule has 2 rings (SSSR count). The predicted molar refractivity (Wildman–Crippen MR) is 80.6 cm³/mol. The summed E-state index contributed by atoms with van der Waals surface area (Å²) in [6.07, 6.45) is 4.07. The topological polar surface area (TPSA) is 21.3 Å². The number of methoxy groups -OCH3 is 1. The molecule has 1 aromatic carbocycles. The summed E-state index contributed by atoms with van der Waals surface area (Å²) in [7, 11) is 1.83. The average Bonchev–Trinajstić information content (AvgIpc) is 2.80. The lowest BCUT2D eigenvalue weighted by molar-refractivity contribution is 0.0819. The van der Waals surface area contributed by atoms with Crippen molar-refractivity contribution in [2.24, 2.45) is 0 Å². The molecule has 2 heteroatoms. The van der Waals surface area contributed by atoms with Crippen molar-refractivity contribution >= 4 is 0 Å². The van der Waals surface area contributed by atoms with E-state index >= 15 is 0 Å². The van der Waals surface area contributed by atoms with Crippen LogP contribution < -0.4 is 5.32 Å². The van der Waals surface area contributed by atoms with Gasteiger partial charge < -0.3 is 10.1 Å². The van der Waals surface area contributed by atoms with Crippen molar-refractivity contribution in [3.63, 3.8) is 0 Å². The highest BCUT2D eigenvalue weighted by atomic mass is 16.5. The maximum absolute atomic E-state index is 5.57. The molecule has 106 valence electrons. The lowest BCUT2D eigenvalue weighted by Gasteiger charge is -2.26. The number of benzene rings is 1. The van der Waals surface area contributed by atoms with Gasteiger partial charge in [-0.05, 0) is 69.2 Å². The SMILES string of the molecule is COC1CCCC1NC(C)c1cc(C)c(C)cc1C. The van der Waals surface area contributed by atoms with Gasteiger partial charge in [-0.2, -0.15) is 0 Å². The van der Waals surface area contributed by atoms with Crippen LogP contribution in [-0.4, -0.2) is 19.3 Å². The van der Waals surface area contributed by atoms with Gasteiger partial charge in [-0.15, -0.1) is 0 Å². The molecule has 2 nitrogen and oxygen atoms in total. The number of ether oxygens (including phenoxy) is 1. The minimum Gasteiger partial charge on any atom is -0.380 e. The van der Waals surface area contributed by atoms with Crippen LogP contribution in [0.15, 0.2) is 12.1 Å². The van der Waals surface area contributed by atoms with Gasteiger partial charge in [-0.25, -0.2) is 0 Å². The molecule has 0 amide bonds. The maximum Gasteiger partial charge on any atom is 0.0724 e. The third-order valence-electron chi connectivity index (χ3n) is 4.57. The summed E-state index contributed by atoms with van der Waals surface area (Å²) in [4.78, 5) is 0. The van der Waals surface area contributed by atoms with E-state index < -0.39 is 0 Å². The number of hydrogen-bond donors (Lipinski definition) is 1. The van der Waals surface area contributed by atoms with Crippen molar-refractivity contribution in [2.75, 3.05) is 7.11 Å². The number of aryl methyl sites for hydroxylation is 3. The molecule has 0 spiro atoms. The van der Waals surface area contributed by atoms with Crippen molar-refractivity contribution in [2.45, 2.75) is 65.1 Å². The molecular weight excluding hydrogens is 234 g/mol. The van der Waals surface area contributed by atoms with E-state index in [0.29, 0.717) is 18.2 Å². The van der Waals surface area contributed by atoms with E-state index in [1.807, 2.05) is 7.11 Å². The van der Waals surface area contributed by atoms with Gasteiger partial charge in [0.05, 0.1) is 6.10 Å². The van der Waals surface area contributed by atoms with Gasteiger partial charge in [0, 0.05) is 19.2 Å². The molecule has 1 saturated carbocycles. The van der Waals surface area contributed by atoms with E-state index in [1.165, 1.54) is 41.5 Å². The van der Waals surface area contributed by atoms with Gasteiger partial charge in [0.15, 0.2) is 0 Å². The Balaban J connectivity index is 2.11. The van der Waals surface area contributed by atoms with Gasteiger partial charge in [-0.3, -0.25) is 0 Å². The van der Waals surface area contributed by atoms with Crippen LogP contribution in [0, 0.1) is 20.8 Å². The molecule has 0 radical (unpaired) electrons. The standard InChI is InChI=1S/C17H27NO/c1-11-9-13(3)15(10-12(11)2)14(4)18-16-7-6-8-17(16)19-5/h9-10,14,16-18H,6-8H2,1-5H3. The second-order valence-electron chi connectivity index (χ2n) is 5.99. The first-order chi connectivity index (χ1) is 9.02. The lowest BCUT2D eigenvalue weighted by atomic mass is 9.96. The molecule has 3 unspecified atom stereocenters. The quantitative estimate of drug-likeness (QED) is 0.889. The normalized spacial score (nSPS) is 24.7. The molecule has 0 aromatic heterocycles. The number of rotatable bonds is 4. The van der Waals surface area contributed by atoms with Crippen molar-refractivity contribution in [1.29, 1.82) is 0 Å². The molecule has 0 saturated heterocycles. The van der Waals surface area contributed by atoms with Gasteiger partial charge >= 0.3 is 0 Å². The number of hydrogen-bond acceptors (Lipinski definition) is 2. The molecule has 1 N–H and O–H groups in total. The first kappa shape index (κ1) is 14.5. The zero-order valence-electron chi connectivity index (χ0n) is 12.9. The van der Waals surface area contributed by atoms with Crippen LogP contribution in [0.2, 0.25) is 0 Å². The Bertz CT molecular complexity index is 441. The molecule has 1 aliphatic rings. The Morgan fingerprint density at radius 3 is 2.47 bits per heavy atom. The third-order valence-corrected chi connectivity index (χ3v) is 4.57. The summed E-state index contributed by atoms with van der Waals surface area (Å²) < 4.78 is 5.57. The molecule has 0 bridgehead atoms. The minimum absolute atomic E-state index is 0.384. The second kappa shape index (κ2) is 6.06. The Kier molecular flexibility index (Phi) is 4.64. The van der Waals surface area contributed by atoms with E-state index in [1.54, 1.807) is 0 Å². The fourth-order valence-electron chi connectivity index (χ4n) is 3.26. The monoisotopic (exact) mass is 261 g/mol. The van der Waals surface area contributed by atoms with Crippen molar-refractivity contribution < 1.29 is 4.74 Å². The second-order valence-corrected chi connectivity index (χ2v) is 5.99. The van der Waals surface area contributed by atoms with E-state index in [0.717, 1.165) is 0 Å². The van der Waals surface area contributed by atoms with Crippen molar-refractivity contribution in [3.8, 4) is 0 Å². The van der Waals surface area contributed by atoms with Crippen LogP contribution in [-0.2, 0) is 4.74 Å². The van der Waals surface area contributed by atoms with Crippen LogP contribution in [0.4, 0.5) is 0 Å². The van der Waals surface area contributed by atoms with Gasteiger partial charge in [-0.1, -0.05) is 12.1 Å². The van der Waals surface area contributed by atoms with Crippen LogP contribution >= 0.6 is 0 Å². The highest BCUT2D eigenvalue weighted by molar-refractivity contribution is 5.38. The summed E-state index contributed by atoms with van der Waals surface area (Å²) in [5, 5.41) is 3.76. The molecule has 1 fully saturated rings. The summed E-state index contributed by atoms with van der Waals surface area (Å²) in [5.74, 6) is 0. The maximum atomic E-state index is 5.57. The molecular formula is C17H27NO.